The van der Waals surface area contributed by atoms with Gasteiger partial charge in [0.2, 0.25) is 5.82 Å². The maximum atomic E-state index is 12.7. The number of piperidine rings is 1. The molecule has 0 atom stereocenters. The van der Waals surface area contributed by atoms with E-state index < -0.39 is 0 Å². The van der Waals surface area contributed by atoms with Gasteiger partial charge in [0.05, 0.1) is 7.11 Å². The van der Waals surface area contributed by atoms with Gasteiger partial charge < -0.3 is 34.0 Å². The highest BCUT2D eigenvalue weighted by Gasteiger charge is 2.25. The Labute approximate surface area is 223 Å². The van der Waals surface area contributed by atoms with Crippen LogP contribution in [0.4, 0.5) is 10.8 Å². The molecule has 2 amide bonds. The number of nitrogens with one attached hydrogen (secondary N) is 1. The third kappa shape index (κ3) is 6.74. The minimum absolute atomic E-state index is 0.0101. The molecule has 2 aliphatic rings. The van der Waals surface area contributed by atoms with Crippen LogP contribution >= 0.6 is 0 Å². The summed E-state index contributed by atoms with van der Waals surface area (Å²) in [6.45, 7) is 6.25. The van der Waals surface area contributed by atoms with Crippen LogP contribution in [0.3, 0.4) is 0 Å². The zero-order valence-electron chi connectivity index (χ0n) is 21.9. The zero-order chi connectivity index (χ0) is 26.2. The Balaban J connectivity index is 0.970. The third-order valence-electron chi connectivity index (χ3n) is 7.11. The van der Waals surface area contributed by atoms with E-state index in [4.69, 9.17) is 14.0 Å². The largest absolute Gasteiger partial charge is 0.497 e. The number of urea groups is 1. The van der Waals surface area contributed by atoms with Crippen LogP contribution in [-0.2, 0) is 0 Å². The van der Waals surface area contributed by atoms with Crippen molar-refractivity contribution in [2.45, 2.75) is 25.4 Å². The Morgan fingerprint density at radius 1 is 0.974 bits per heavy atom. The standard InChI is InChI=1S/C28H36N6O4/c1-36-23-10-8-22(9-11-23)26-30-28(38-31-26)34-20-18-33(19-21-34)27(35)29-14-5-15-32-16-12-25(13-17-32)37-24-6-3-2-4-7-24/h2-4,6-11,25H,5,12-21H2,1H3,(H,29,35). The molecule has 10 heteroatoms. The highest BCUT2D eigenvalue weighted by molar-refractivity contribution is 5.74. The molecule has 2 saturated heterocycles. The van der Waals surface area contributed by atoms with Crippen molar-refractivity contribution in [2.75, 3.05) is 64.4 Å². The maximum absolute atomic E-state index is 12.7. The summed E-state index contributed by atoms with van der Waals surface area (Å²) in [6.07, 6.45) is 3.29. The molecule has 3 aromatic rings. The first-order valence-electron chi connectivity index (χ1n) is 13.4. The molecular formula is C28H36N6O4. The predicted octanol–water partition coefficient (Wildman–Crippen LogP) is 3.51. The molecule has 0 aliphatic carbocycles. The van der Waals surface area contributed by atoms with Gasteiger partial charge in [-0.3, -0.25) is 0 Å². The van der Waals surface area contributed by atoms with Gasteiger partial charge >= 0.3 is 12.0 Å². The zero-order valence-corrected chi connectivity index (χ0v) is 21.9. The molecule has 2 fully saturated rings. The van der Waals surface area contributed by atoms with Crippen LogP contribution < -0.4 is 19.7 Å². The van der Waals surface area contributed by atoms with E-state index in [1.807, 2.05) is 64.4 Å². The quantitative estimate of drug-likeness (QED) is 0.428. The number of piperazine rings is 1. The van der Waals surface area contributed by atoms with Crippen molar-refractivity contribution in [1.82, 2.24) is 25.3 Å². The summed E-state index contributed by atoms with van der Waals surface area (Å²) >= 11 is 0. The minimum Gasteiger partial charge on any atom is -0.497 e. The molecule has 2 aliphatic heterocycles. The summed E-state index contributed by atoms with van der Waals surface area (Å²) < 4.78 is 16.8. The fourth-order valence-corrected chi connectivity index (χ4v) is 4.85. The molecule has 0 bridgehead atoms. The van der Waals surface area contributed by atoms with E-state index in [-0.39, 0.29) is 12.1 Å². The summed E-state index contributed by atoms with van der Waals surface area (Å²) in [5.41, 5.74) is 0.865. The van der Waals surface area contributed by atoms with Gasteiger partial charge in [0.15, 0.2) is 0 Å². The summed E-state index contributed by atoms with van der Waals surface area (Å²) in [6, 6.07) is 18.1. The average molecular weight is 521 g/mol. The number of nitrogens with zero attached hydrogens (tertiary/aromatic N) is 5. The minimum atomic E-state index is -0.0101. The maximum Gasteiger partial charge on any atom is 0.324 e. The van der Waals surface area contributed by atoms with Crippen LogP contribution in [0, 0.1) is 0 Å². The number of anilines is 1. The second-order valence-corrected chi connectivity index (χ2v) is 9.66. The van der Waals surface area contributed by atoms with Crippen molar-refractivity contribution in [3.63, 3.8) is 0 Å². The van der Waals surface area contributed by atoms with E-state index in [1.54, 1.807) is 7.11 Å². The summed E-state index contributed by atoms with van der Waals surface area (Å²) in [4.78, 5) is 23.5. The van der Waals surface area contributed by atoms with Crippen molar-refractivity contribution in [3.05, 3.63) is 54.6 Å². The van der Waals surface area contributed by atoms with Gasteiger partial charge in [-0.15, -0.1) is 0 Å². The number of para-hydroxylation sites is 1. The Bertz CT molecular complexity index is 1140. The van der Waals surface area contributed by atoms with Crippen LogP contribution in [0.15, 0.2) is 59.1 Å². The number of aromatic nitrogens is 2. The van der Waals surface area contributed by atoms with Gasteiger partial charge in [0.1, 0.15) is 17.6 Å². The fourth-order valence-electron chi connectivity index (χ4n) is 4.85. The number of carbonyl (C=O) groups is 1. The Morgan fingerprint density at radius 3 is 2.42 bits per heavy atom. The molecule has 5 rings (SSSR count). The number of methoxy groups -OCH3 is 1. The lowest BCUT2D eigenvalue weighted by Gasteiger charge is -2.34. The van der Waals surface area contributed by atoms with Crippen LogP contribution in [0.5, 0.6) is 11.5 Å². The molecule has 1 N–H and O–H groups in total. The Morgan fingerprint density at radius 2 is 1.71 bits per heavy atom. The number of hydrogen-bond donors (Lipinski definition) is 1. The molecule has 0 unspecified atom stereocenters. The first kappa shape index (κ1) is 25.8. The van der Waals surface area contributed by atoms with Gasteiger partial charge in [0.25, 0.3) is 0 Å². The molecule has 3 heterocycles. The predicted molar refractivity (Wildman–Crippen MR) is 145 cm³/mol. The number of rotatable bonds is 9. The third-order valence-corrected chi connectivity index (χ3v) is 7.11. The molecule has 38 heavy (non-hydrogen) atoms. The van der Waals surface area contributed by atoms with Crippen LogP contribution in [0.2, 0.25) is 0 Å². The second kappa shape index (κ2) is 12.6. The van der Waals surface area contributed by atoms with E-state index in [1.165, 1.54) is 0 Å². The number of carbonyl (C=O) groups excluding carboxylic acids is 1. The molecule has 0 saturated carbocycles. The number of hydrogen-bond acceptors (Lipinski definition) is 8. The fraction of sp³-hybridized carbons (Fsp3) is 0.464. The van der Waals surface area contributed by atoms with E-state index in [0.717, 1.165) is 56.0 Å². The molecule has 10 nitrogen and oxygen atoms in total. The smallest absolute Gasteiger partial charge is 0.324 e. The summed E-state index contributed by atoms with van der Waals surface area (Å²) in [7, 11) is 1.63. The normalized spacial score (nSPS) is 16.9. The van der Waals surface area contributed by atoms with Crippen molar-refractivity contribution >= 4 is 12.0 Å². The van der Waals surface area contributed by atoms with E-state index in [0.29, 0.717) is 44.6 Å². The number of amides is 2. The Kier molecular flexibility index (Phi) is 8.60. The number of benzene rings is 2. The molecule has 0 radical (unpaired) electrons. The second-order valence-electron chi connectivity index (χ2n) is 9.66. The van der Waals surface area contributed by atoms with Crippen LogP contribution in [-0.4, -0.2) is 91.5 Å². The van der Waals surface area contributed by atoms with Gasteiger partial charge in [-0.2, -0.15) is 4.98 Å². The topological polar surface area (TPSA) is 96.2 Å². The van der Waals surface area contributed by atoms with Crippen molar-refractivity contribution < 1.29 is 18.8 Å². The van der Waals surface area contributed by atoms with Gasteiger partial charge in [0, 0.05) is 51.4 Å². The first-order chi connectivity index (χ1) is 18.7. The highest BCUT2D eigenvalue weighted by Crippen LogP contribution is 2.23. The SMILES string of the molecule is COc1ccc(-c2noc(N3CCN(C(=O)NCCCN4CCC(Oc5ccccc5)CC4)CC3)n2)cc1. The van der Waals surface area contributed by atoms with Crippen molar-refractivity contribution in [2.24, 2.45) is 0 Å². The number of likely N-dealkylation sites (tertiary alicyclic amines) is 1. The first-order valence-corrected chi connectivity index (χ1v) is 13.4. The Hall–Kier alpha value is -3.79. The molecule has 2 aromatic carbocycles. The van der Waals surface area contributed by atoms with Gasteiger partial charge in [-0.1, -0.05) is 23.4 Å². The number of ether oxygens (including phenoxy) is 2. The summed E-state index contributed by atoms with van der Waals surface area (Å²) in [5.74, 6) is 2.27. The van der Waals surface area contributed by atoms with Crippen LogP contribution in [0.1, 0.15) is 19.3 Å². The van der Waals surface area contributed by atoms with Crippen molar-refractivity contribution in [1.29, 1.82) is 0 Å². The lowest BCUT2D eigenvalue weighted by Crippen LogP contribution is -2.52. The van der Waals surface area contributed by atoms with Gasteiger partial charge in [-0.25, -0.2) is 4.79 Å². The van der Waals surface area contributed by atoms with Gasteiger partial charge in [-0.05, 0) is 62.2 Å². The highest BCUT2D eigenvalue weighted by atomic mass is 16.5. The molecule has 0 spiro atoms. The summed E-state index contributed by atoms with van der Waals surface area (Å²) in [5, 5.41) is 7.19. The lowest BCUT2D eigenvalue weighted by atomic mass is 10.1. The average Bonchev–Trinajstić information content (AvgIpc) is 3.47. The molecule has 202 valence electrons. The lowest BCUT2D eigenvalue weighted by molar-refractivity contribution is 0.0999. The van der Waals surface area contributed by atoms with Crippen molar-refractivity contribution in [3.8, 4) is 22.9 Å². The molecule has 1 aromatic heterocycles. The monoisotopic (exact) mass is 520 g/mol. The van der Waals surface area contributed by atoms with E-state index in [2.05, 4.69) is 20.4 Å². The van der Waals surface area contributed by atoms with E-state index in [9.17, 15) is 4.79 Å². The van der Waals surface area contributed by atoms with E-state index >= 15 is 0 Å². The molecular weight excluding hydrogens is 484 g/mol. The van der Waals surface area contributed by atoms with Crippen LogP contribution in [0.25, 0.3) is 11.4 Å².